The maximum Gasteiger partial charge on any atom is 0.254 e. The number of carbonyl (C=O) groups is 1. The number of hydrogen-bond acceptors (Lipinski definition) is 3. The van der Waals surface area contributed by atoms with E-state index in [0.29, 0.717) is 5.92 Å². The van der Waals surface area contributed by atoms with Gasteiger partial charge in [-0.1, -0.05) is 18.2 Å². The van der Waals surface area contributed by atoms with Crippen molar-refractivity contribution in [3.63, 3.8) is 0 Å². The highest BCUT2D eigenvalue weighted by Crippen LogP contribution is 2.26. The zero-order chi connectivity index (χ0) is 13.9. The molecular formula is C16H25Cl2N3O. The highest BCUT2D eigenvalue weighted by atomic mass is 35.5. The van der Waals surface area contributed by atoms with Gasteiger partial charge >= 0.3 is 0 Å². The van der Waals surface area contributed by atoms with Crippen LogP contribution in [-0.2, 0) is 0 Å². The van der Waals surface area contributed by atoms with E-state index in [1.807, 2.05) is 17.0 Å². The molecule has 124 valence electrons. The first-order valence-electron chi connectivity index (χ1n) is 7.53. The third kappa shape index (κ3) is 4.13. The summed E-state index contributed by atoms with van der Waals surface area (Å²) in [5.74, 6) is 0.697. The zero-order valence-electron chi connectivity index (χ0n) is 13.0. The lowest BCUT2D eigenvalue weighted by Crippen LogP contribution is -2.47. The summed E-state index contributed by atoms with van der Waals surface area (Å²) in [4.78, 5) is 17.0. The Morgan fingerprint density at radius 1 is 1.14 bits per heavy atom. The summed E-state index contributed by atoms with van der Waals surface area (Å²) < 4.78 is 0. The SMILES string of the molecule is CN1CCN(C(=O)c2ccccc2C2CCNC2)CC1.Cl.Cl. The fourth-order valence-electron chi connectivity index (χ4n) is 3.15. The van der Waals surface area contributed by atoms with E-state index in [1.165, 1.54) is 5.56 Å². The summed E-state index contributed by atoms with van der Waals surface area (Å²) in [5, 5.41) is 3.39. The lowest BCUT2D eigenvalue weighted by Gasteiger charge is -2.33. The maximum absolute atomic E-state index is 12.8. The first kappa shape index (κ1) is 19.2. The number of benzene rings is 1. The molecule has 1 unspecified atom stereocenters. The van der Waals surface area contributed by atoms with Crippen LogP contribution < -0.4 is 5.32 Å². The van der Waals surface area contributed by atoms with Crippen LogP contribution in [0.5, 0.6) is 0 Å². The summed E-state index contributed by atoms with van der Waals surface area (Å²) in [6.07, 6.45) is 1.13. The van der Waals surface area contributed by atoms with Crippen LogP contribution in [0.2, 0.25) is 0 Å². The van der Waals surface area contributed by atoms with Gasteiger partial charge < -0.3 is 15.1 Å². The Balaban J connectivity index is 0.00000121. The number of likely N-dealkylation sites (N-methyl/N-ethyl adjacent to an activating group) is 1. The number of hydrogen-bond donors (Lipinski definition) is 1. The zero-order valence-corrected chi connectivity index (χ0v) is 14.6. The van der Waals surface area contributed by atoms with Crippen molar-refractivity contribution in [3.8, 4) is 0 Å². The minimum absolute atomic E-state index is 0. The van der Waals surface area contributed by atoms with Gasteiger partial charge in [-0.25, -0.2) is 0 Å². The van der Waals surface area contributed by atoms with Crippen LogP contribution in [0.1, 0.15) is 28.3 Å². The lowest BCUT2D eigenvalue weighted by molar-refractivity contribution is 0.0662. The standard InChI is InChI=1S/C16H23N3O.2ClH/c1-18-8-10-19(11-9-18)16(20)15-5-3-2-4-14(15)13-6-7-17-12-13;;/h2-5,13,17H,6-12H2,1H3;2*1H. The average Bonchev–Trinajstić information content (AvgIpc) is 3.01. The molecule has 2 saturated heterocycles. The minimum atomic E-state index is 0. The van der Waals surface area contributed by atoms with Gasteiger partial charge in [0, 0.05) is 38.3 Å². The van der Waals surface area contributed by atoms with Crippen molar-refractivity contribution in [3.05, 3.63) is 35.4 Å². The molecule has 2 aliphatic heterocycles. The van der Waals surface area contributed by atoms with E-state index in [-0.39, 0.29) is 30.7 Å². The molecule has 1 aromatic rings. The Labute approximate surface area is 145 Å². The molecule has 1 atom stereocenters. The number of rotatable bonds is 2. The summed E-state index contributed by atoms with van der Waals surface area (Å²) in [5.41, 5.74) is 2.13. The highest BCUT2D eigenvalue weighted by molar-refractivity contribution is 5.96. The molecule has 1 amide bonds. The maximum atomic E-state index is 12.8. The predicted molar refractivity (Wildman–Crippen MR) is 94.6 cm³/mol. The van der Waals surface area contributed by atoms with Gasteiger partial charge in [-0.3, -0.25) is 4.79 Å². The van der Waals surface area contributed by atoms with E-state index in [0.717, 1.165) is 51.3 Å². The molecule has 1 N–H and O–H groups in total. The van der Waals surface area contributed by atoms with Gasteiger partial charge in [0.05, 0.1) is 0 Å². The van der Waals surface area contributed by atoms with Gasteiger partial charge in [-0.15, -0.1) is 24.8 Å². The molecule has 6 heteroatoms. The van der Waals surface area contributed by atoms with Crippen molar-refractivity contribution in [2.75, 3.05) is 46.3 Å². The van der Waals surface area contributed by atoms with Crippen LogP contribution >= 0.6 is 24.8 Å². The van der Waals surface area contributed by atoms with E-state index in [9.17, 15) is 4.79 Å². The van der Waals surface area contributed by atoms with Gasteiger partial charge in [0.15, 0.2) is 0 Å². The largest absolute Gasteiger partial charge is 0.336 e. The number of carbonyl (C=O) groups excluding carboxylic acids is 1. The van der Waals surface area contributed by atoms with Crippen LogP contribution in [0.3, 0.4) is 0 Å². The van der Waals surface area contributed by atoms with E-state index >= 15 is 0 Å². The van der Waals surface area contributed by atoms with Crippen LogP contribution in [0, 0.1) is 0 Å². The second kappa shape index (κ2) is 8.73. The van der Waals surface area contributed by atoms with Crippen molar-refractivity contribution < 1.29 is 4.79 Å². The monoisotopic (exact) mass is 345 g/mol. The van der Waals surface area contributed by atoms with Crippen LogP contribution in [0.25, 0.3) is 0 Å². The molecule has 0 bridgehead atoms. The van der Waals surface area contributed by atoms with Crippen molar-refractivity contribution in [2.45, 2.75) is 12.3 Å². The third-order valence-electron chi connectivity index (χ3n) is 4.48. The quantitative estimate of drug-likeness (QED) is 0.890. The molecule has 0 radical (unpaired) electrons. The van der Waals surface area contributed by atoms with Gasteiger partial charge in [0.1, 0.15) is 0 Å². The fraction of sp³-hybridized carbons (Fsp3) is 0.562. The Hall–Kier alpha value is -0.810. The molecule has 22 heavy (non-hydrogen) atoms. The number of amides is 1. The molecule has 2 aliphatic rings. The molecule has 0 saturated carbocycles. The fourth-order valence-corrected chi connectivity index (χ4v) is 3.15. The molecule has 2 fully saturated rings. The number of nitrogens with one attached hydrogen (secondary N) is 1. The molecular weight excluding hydrogens is 321 g/mol. The minimum Gasteiger partial charge on any atom is -0.336 e. The van der Waals surface area contributed by atoms with Gasteiger partial charge in [0.25, 0.3) is 5.91 Å². The first-order valence-corrected chi connectivity index (χ1v) is 7.53. The summed E-state index contributed by atoms with van der Waals surface area (Å²) >= 11 is 0. The van der Waals surface area contributed by atoms with Gasteiger partial charge in [-0.2, -0.15) is 0 Å². The van der Waals surface area contributed by atoms with E-state index in [1.54, 1.807) is 0 Å². The van der Waals surface area contributed by atoms with Gasteiger partial charge in [-0.05, 0) is 37.6 Å². The second-order valence-corrected chi connectivity index (χ2v) is 5.87. The van der Waals surface area contributed by atoms with E-state index in [2.05, 4.69) is 29.4 Å². The molecule has 4 nitrogen and oxygen atoms in total. The Bertz CT molecular complexity index is 484. The van der Waals surface area contributed by atoms with Crippen molar-refractivity contribution in [1.82, 2.24) is 15.1 Å². The molecule has 0 spiro atoms. The van der Waals surface area contributed by atoms with Crippen molar-refractivity contribution >= 4 is 30.7 Å². The first-order chi connectivity index (χ1) is 9.75. The third-order valence-corrected chi connectivity index (χ3v) is 4.48. The molecule has 1 aromatic carbocycles. The van der Waals surface area contributed by atoms with Crippen LogP contribution in [-0.4, -0.2) is 62.0 Å². The van der Waals surface area contributed by atoms with Crippen LogP contribution in [0.4, 0.5) is 0 Å². The van der Waals surface area contributed by atoms with E-state index in [4.69, 9.17) is 0 Å². The summed E-state index contributed by atoms with van der Waals surface area (Å²) in [6.45, 7) is 5.67. The second-order valence-electron chi connectivity index (χ2n) is 5.87. The Morgan fingerprint density at radius 3 is 2.45 bits per heavy atom. The molecule has 2 heterocycles. The number of piperazine rings is 1. The topological polar surface area (TPSA) is 35.6 Å². The molecule has 0 aromatic heterocycles. The molecule has 3 rings (SSSR count). The molecule has 0 aliphatic carbocycles. The summed E-state index contributed by atoms with van der Waals surface area (Å²) in [6, 6.07) is 8.15. The van der Waals surface area contributed by atoms with Crippen LogP contribution in [0.15, 0.2) is 24.3 Å². The Morgan fingerprint density at radius 2 is 1.82 bits per heavy atom. The average molecular weight is 346 g/mol. The lowest BCUT2D eigenvalue weighted by atomic mass is 9.93. The normalized spacial score (nSPS) is 21.9. The van der Waals surface area contributed by atoms with E-state index < -0.39 is 0 Å². The van der Waals surface area contributed by atoms with Crippen molar-refractivity contribution in [2.24, 2.45) is 0 Å². The van der Waals surface area contributed by atoms with Crippen molar-refractivity contribution in [1.29, 1.82) is 0 Å². The number of nitrogens with zero attached hydrogens (tertiary/aromatic N) is 2. The Kier molecular flexibility index (Phi) is 7.63. The predicted octanol–water partition coefficient (Wildman–Crippen LogP) is 1.99. The smallest absolute Gasteiger partial charge is 0.254 e. The summed E-state index contributed by atoms with van der Waals surface area (Å²) in [7, 11) is 2.11. The van der Waals surface area contributed by atoms with Gasteiger partial charge in [0.2, 0.25) is 0 Å². The highest BCUT2D eigenvalue weighted by Gasteiger charge is 2.26. The number of halogens is 2.